The van der Waals surface area contributed by atoms with Gasteiger partial charge in [0.1, 0.15) is 6.10 Å². The highest BCUT2D eigenvalue weighted by Gasteiger charge is 2.19. The second-order valence-electron chi connectivity index (χ2n) is 6.78. The molecule has 2 aromatic rings. The SMILES string of the molecule is O=C(OC1CCCCC1)c1ccc(NC(=S)NC(=O)c2cc(Cl)ccc2Cl)cc1. The van der Waals surface area contributed by atoms with E-state index in [-0.39, 0.29) is 27.8 Å². The first-order valence-electron chi connectivity index (χ1n) is 9.31. The van der Waals surface area contributed by atoms with Crippen LogP contribution in [0.2, 0.25) is 10.0 Å². The summed E-state index contributed by atoms with van der Waals surface area (Å²) in [5, 5.41) is 6.22. The number of anilines is 1. The Morgan fingerprint density at radius 2 is 1.69 bits per heavy atom. The number of halogens is 2. The average molecular weight is 451 g/mol. The van der Waals surface area contributed by atoms with Crippen LogP contribution in [0.4, 0.5) is 5.69 Å². The van der Waals surface area contributed by atoms with E-state index >= 15 is 0 Å². The van der Waals surface area contributed by atoms with Crippen LogP contribution in [0.5, 0.6) is 0 Å². The van der Waals surface area contributed by atoms with Gasteiger partial charge in [-0.25, -0.2) is 4.79 Å². The number of hydrogen-bond acceptors (Lipinski definition) is 4. The minimum atomic E-state index is -0.470. The minimum Gasteiger partial charge on any atom is -0.459 e. The fourth-order valence-electron chi connectivity index (χ4n) is 3.10. The van der Waals surface area contributed by atoms with Crippen LogP contribution in [-0.2, 0) is 4.74 Å². The molecule has 0 unspecified atom stereocenters. The van der Waals surface area contributed by atoms with Gasteiger partial charge in [0, 0.05) is 10.7 Å². The van der Waals surface area contributed by atoms with E-state index in [4.69, 9.17) is 40.2 Å². The summed E-state index contributed by atoms with van der Waals surface area (Å²) in [5.74, 6) is -0.794. The monoisotopic (exact) mass is 450 g/mol. The fraction of sp³-hybridized carbons (Fsp3) is 0.286. The molecule has 1 aliphatic carbocycles. The predicted octanol–water partition coefficient (Wildman–Crippen LogP) is 5.61. The summed E-state index contributed by atoms with van der Waals surface area (Å²) >= 11 is 17.1. The second-order valence-corrected chi connectivity index (χ2v) is 8.03. The quantitative estimate of drug-likeness (QED) is 0.467. The summed E-state index contributed by atoms with van der Waals surface area (Å²) < 4.78 is 5.56. The molecule has 0 bridgehead atoms. The predicted molar refractivity (Wildman–Crippen MR) is 119 cm³/mol. The van der Waals surface area contributed by atoms with Crippen molar-refractivity contribution in [2.75, 3.05) is 5.32 Å². The molecule has 0 spiro atoms. The van der Waals surface area contributed by atoms with Crippen molar-refractivity contribution in [1.29, 1.82) is 0 Å². The zero-order valence-electron chi connectivity index (χ0n) is 15.5. The van der Waals surface area contributed by atoms with Crippen LogP contribution in [0.25, 0.3) is 0 Å². The summed E-state index contributed by atoms with van der Waals surface area (Å²) in [4.78, 5) is 24.6. The Balaban J connectivity index is 1.54. The number of hydrogen-bond donors (Lipinski definition) is 2. The number of thiocarbonyl (C=S) groups is 1. The van der Waals surface area contributed by atoms with E-state index in [1.165, 1.54) is 12.5 Å². The lowest BCUT2D eigenvalue weighted by Crippen LogP contribution is -2.34. The molecule has 1 aliphatic rings. The van der Waals surface area contributed by atoms with Gasteiger partial charge < -0.3 is 10.1 Å². The van der Waals surface area contributed by atoms with E-state index in [9.17, 15) is 9.59 Å². The maximum atomic E-state index is 12.3. The number of carbonyl (C=O) groups is 2. The first-order valence-corrected chi connectivity index (χ1v) is 10.5. The van der Waals surface area contributed by atoms with Gasteiger partial charge in [0.15, 0.2) is 5.11 Å². The largest absolute Gasteiger partial charge is 0.459 e. The molecule has 0 aromatic heterocycles. The van der Waals surface area contributed by atoms with Gasteiger partial charge in [0.05, 0.1) is 16.1 Å². The number of carbonyl (C=O) groups excluding carboxylic acids is 2. The molecule has 29 heavy (non-hydrogen) atoms. The molecule has 8 heteroatoms. The van der Waals surface area contributed by atoms with Crippen molar-refractivity contribution in [2.24, 2.45) is 0 Å². The third-order valence-electron chi connectivity index (χ3n) is 4.60. The first kappa shape index (κ1) is 21.6. The standard InChI is InChI=1S/C21H20Cl2N2O3S/c22-14-8-11-18(23)17(12-14)19(26)25-21(29)24-15-9-6-13(7-10-15)20(27)28-16-4-2-1-3-5-16/h6-12,16H,1-5H2,(H2,24,25,26,29). The molecule has 0 atom stereocenters. The van der Waals surface area contributed by atoms with Gasteiger partial charge in [-0.3, -0.25) is 10.1 Å². The summed E-state index contributed by atoms with van der Waals surface area (Å²) in [5.41, 5.74) is 1.33. The Hall–Kier alpha value is -2.15. The van der Waals surface area contributed by atoms with E-state index in [1.54, 1.807) is 36.4 Å². The Labute approximate surface area is 184 Å². The van der Waals surface area contributed by atoms with E-state index in [2.05, 4.69) is 10.6 Å². The molecule has 1 amide bonds. The lowest BCUT2D eigenvalue weighted by atomic mass is 9.98. The van der Waals surface area contributed by atoms with E-state index in [1.807, 2.05) is 0 Å². The second kappa shape index (κ2) is 10.1. The molecule has 3 rings (SSSR count). The molecular formula is C21H20Cl2N2O3S. The van der Waals surface area contributed by atoms with Crippen LogP contribution in [0, 0.1) is 0 Å². The van der Waals surface area contributed by atoms with Crippen LogP contribution in [0.1, 0.15) is 52.8 Å². The summed E-state index contributed by atoms with van der Waals surface area (Å²) in [6.45, 7) is 0. The van der Waals surface area contributed by atoms with Crippen molar-refractivity contribution >= 4 is 58.1 Å². The molecule has 152 valence electrons. The molecule has 0 heterocycles. The molecule has 2 N–H and O–H groups in total. The Morgan fingerprint density at radius 1 is 1.00 bits per heavy atom. The number of ether oxygens (including phenoxy) is 1. The number of amides is 1. The fourth-order valence-corrected chi connectivity index (χ4v) is 3.68. The topological polar surface area (TPSA) is 67.4 Å². The number of nitrogens with one attached hydrogen (secondary N) is 2. The van der Waals surface area contributed by atoms with Gasteiger partial charge >= 0.3 is 5.97 Å². The highest BCUT2D eigenvalue weighted by Crippen LogP contribution is 2.22. The molecule has 0 aliphatic heterocycles. The summed E-state index contributed by atoms with van der Waals surface area (Å²) in [6, 6.07) is 11.3. The van der Waals surface area contributed by atoms with E-state index < -0.39 is 5.91 Å². The first-order chi connectivity index (χ1) is 13.9. The number of rotatable bonds is 4. The zero-order chi connectivity index (χ0) is 20.8. The van der Waals surface area contributed by atoms with E-state index in [0.717, 1.165) is 25.7 Å². The molecule has 5 nitrogen and oxygen atoms in total. The van der Waals surface area contributed by atoms with Crippen LogP contribution in [0.3, 0.4) is 0 Å². The maximum absolute atomic E-state index is 12.3. The Morgan fingerprint density at radius 3 is 2.38 bits per heavy atom. The third kappa shape index (κ3) is 6.16. The van der Waals surface area contributed by atoms with Crippen LogP contribution < -0.4 is 10.6 Å². The number of benzene rings is 2. The van der Waals surface area contributed by atoms with Crippen molar-refractivity contribution in [3.63, 3.8) is 0 Å². The maximum Gasteiger partial charge on any atom is 0.338 e. The molecule has 1 fully saturated rings. The van der Waals surface area contributed by atoms with Gasteiger partial charge in [-0.15, -0.1) is 0 Å². The van der Waals surface area contributed by atoms with Crippen LogP contribution in [0.15, 0.2) is 42.5 Å². The van der Waals surface area contributed by atoms with Crippen LogP contribution >= 0.6 is 35.4 Å². The van der Waals surface area contributed by atoms with Crippen molar-refractivity contribution in [3.8, 4) is 0 Å². The molecular weight excluding hydrogens is 431 g/mol. The van der Waals surface area contributed by atoms with Crippen molar-refractivity contribution < 1.29 is 14.3 Å². The highest BCUT2D eigenvalue weighted by atomic mass is 35.5. The van der Waals surface area contributed by atoms with Gasteiger partial charge in [0.2, 0.25) is 0 Å². The lowest BCUT2D eigenvalue weighted by Gasteiger charge is -2.21. The molecule has 2 aromatic carbocycles. The van der Waals surface area contributed by atoms with Crippen molar-refractivity contribution in [2.45, 2.75) is 38.2 Å². The lowest BCUT2D eigenvalue weighted by molar-refractivity contribution is 0.0211. The number of esters is 1. The zero-order valence-corrected chi connectivity index (χ0v) is 17.9. The van der Waals surface area contributed by atoms with Gasteiger partial charge in [-0.2, -0.15) is 0 Å². The smallest absolute Gasteiger partial charge is 0.338 e. The Bertz CT molecular complexity index is 913. The van der Waals surface area contributed by atoms with Gasteiger partial charge in [0.25, 0.3) is 5.91 Å². The molecule has 0 radical (unpaired) electrons. The van der Waals surface area contributed by atoms with Crippen molar-refractivity contribution in [1.82, 2.24) is 5.32 Å². The summed E-state index contributed by atoms with van der Waals surface area (Å²) in [7, 11) is 0. The van der Waals surface area contributed by atoms with Crippen LogP contribution in [-0.4, -0.2) is 23.1 Å². The van der Waals surface area contributed by atoms with Gasteiger partial charge in [-0.1, -0.05) is 29.6 Å². The average Bonchev–Trinajstić information content (AvgIpc) is 2.71. The van der Waals surface area contributed by atoms with Gasteiger partial charge in [-0.05, 0) is 80.4 Å². The van der Waals surface area contributed by atoms with Crippen molar-refractivity contribution in [3.05, 3.63) is 63.6 Å². The molecule has 1 saturated carbocycles. The third-order valence-corrected chi connectivity index (χ3v) is 5.37. The minimum absolute atomic E-state index is 0.00940. The van der Waals surface area contributed by atoms with E-state index in [0.29, 0.717) is 16.3 Å². The Kier molecular flexibility index (Phi) is 7.47. The normalized spacial score (nSPS) is 14.1. The highest BCUT2D eigenvalue weighted by molar-refractivity contribution is 7.80. The summed E-state index contributed by atoms with van der Waals surface area (Å²) in [6.07, 6.45) is 5.27. The molecule has 0 saturated heterocycles.